The van der Waals surface area contributed by atoms with Crippen LogP contribution in [0.25, 0.3) is 10.4 Å². The molecule has 3 nitrogen and oxygen atoms in total. The summed E-state index contributed by atoms with van der Waals surface area (Å²) >= 11 is 1.46. The summed E-state index contributed by atoms with van der Waals surface area (Å²) in [4.78, 5) is 17.0. The van der Waals surface area contributed by atoms with Gasteiger partial charge in [0.05, 0.1) is 10.6 Å². The smallest absolute Gasteiger partial charge is 0.183 e. The Bertz CT molecular complexity index is 964. The van der Waals surface area contributed by atoms with Crippen molar-refractivity contribution in [2.45, 2.75) is 25.8 Å². The minimum Gasteiger partial charge on any atom is -0.357 e. The van der Waals surface area contributed by atoms with E-state index in [-0.39, 0.29) is 12.1 Å². The highest BCUT2D eigenvalue weighted by Gasteiger charge is 2.21. The molecule has 0 unspecified atom stereocenters. The van der Waals surface area contributed by atoms with E-state index in [2.05, 4.69) is 10.3 Å². The molecule has 6 heteroatoms. The zero-order chi connectivity index (χ0) is 18.1. The Balaban J connectivity index is 1.66. The normalized spacial score (nSPS) is 12.8. The Morgan fingerprint density at radius 1 is 1.12 bits per heavy atom. The van der Waals surface area contributed by atoms with Crippen molar-refractivity contribution in [2.24, 2.45) is 0 Å². The molecule has 1 aliphatic rings. The molecule has 0 fully saturated rings. The van der Waals surface area contributed by atoms with Crippen molar-refractivity contribution in [1.82, 2.24) is 4.98 Å². The van der Waals surface area contributed by atoms with Crippen LogP contribution in [0, 0.1) is 11.6 Å². The number of aryl methyl sites for hydroxylation is 1. The first-order valence-electron chi connectivity index (χ1n) is 8.41. The number of aldehydes is 1. The van der Waals surface area contributed by atoms with Crippen LogP contribution in [0.4, 0.5) is 13.9 Å². The fourth-order valence-electron chi connectivity index (χ4n) is 3.31. The molecule has 1 heterocycles. The molecule has 0 radical (unpaired) electrons. The van der Waals surface area contributed by atoms with Crippen molar-refractivity contribution in [2.75, 3.05) is 5.32 Å². The van der Waals surface area contributed by atoms with Crippen LogP contribution in [0.1, 0.15) is 33.6 Å². The van der Waals surface area contributed by atoms with Crippen LogP contribution in [-0.4, -0.2) is 11.3 Å². The van der Waals surface area contributed by atoms with Crippen LogP contribution < -0.4 is 5.32 Å². The molecule has 1 aromatic heterocycles. The van der Waals surface area contributed by atoms with Gasteiger partial charge in [0.1, 0.15) is 17.9 Å². The number of rotatable bonds is 4. The molecule has 1 aliphatic carbocycles. The molecule has 132 valence electrons. The molecule has 0 saturated heterocycles. The number of anilines is 1. The van der Waals surface area contributed by atoms with Crippen molar-refractivity contribution in [3.8, 4) is 10.4 Å². The predicted octanol–water partition coefficient (Wildman–Crippen LogP) is 5.00. The number of nitrogens with zero attached hydrogens (tertiary/aromatic N) is 1. The summed E-state index contributed by atoms with van der Waals surface area (Å²) in [6, 6.07) is 9.55. The molecule has 4 rings (SSSR count). The van der Waals surface area contributed by atoms with E-state index >= 15 is 0 Å². The fourth-order valence-corrected chi connectivity index (χ4v) is 4.37. The number of hydrogen-bond donors (Lipinski definition) is 1. The second kappa shape index (κ2) is 6.96. The van der Waals surface area contributed by atoms with E-state index in [4.69, 9.17) is 0 Å². The highest BCUT2D eigenvalue weighted by Crippen LogP contribution is 2.39. The lowest BCUT2D eigenvalue weighted by Crippen LogP contribution is -2.04. The number of nitrogens with one attached hydrogen (secondary N) is 1. The Morgan fingerprint density at radius 2 is 1.88 bits per heavy atom. The van der Waals surface area contributed by atoms with E-state index in [1.807, 2.05) is 18.2 Å². The van der Waals surface area contributed by atoms with Gasteiger partial charge >= 0.3 is 0 Å². The summed E-state index contributed by atoms with van der Waals surface area (Å²) in [7, 11) is 0. The molecular formula is C20H16F2N2OS. The second-order valence-corrected chi connectivity index (χ2v) is 7.19. The average molecular weight is 370 g/mol. The SMILES string of the molecule is O=Cc1cccc2c1CCCc1nc(NCc3c(F)cccc3F)sc1-2. The van der Waals surface area contributed by atoms with Crippen molar-refractivity contribution in [3.63, 3.8) is 0 Å². The topological polar surface area (TPSA) is 42.0 Å². The molecule has 0 spiro atoms. The maximum absolute atomic E-state index is 13.8. The number of aromatic nitrogens is 1. The van der Waals surface area contributed by atoms with Crippen LogP contribution in [0.15, 0.2) is 36.4 Å². The first-order valence-corrected chi connectivity index (χ1v) is 9.23. The largest absolute Gasteiger partial charge is 0.357 e. The molecule has 0 amide bonds. The van der Waals surface area contributed by atoms with E-state index in [1.165, 1.54) is 29.5 Å². The van der Waals surface area contributed by atoms with Crippen LogP contribution in [-0.2, 0) is 19.4 Å². The number of carbonyl (C=O) groups excluding carboxylic acids is 1. The number of halogens is 2. The number of hydrogen-bond acceptors (Lipinski definition) is 4. The van der Waals surface area contributed by atoms with Gasteiger partial charge in [-0.1, -0.05) is 35.6 Å². The van der Waals surface area contributed by atoms with Crippen molar-refractivity contribution in [1.29, 1.82) is 0 Å². The summed E-state index contributed by atoms with van der Waals surface area (Å²) in [5.74, 6) is -1.15. The van der Waals surface area contributed by atoms with Gasteiger partial charge in [0.15, 0.2) is 5.13 Å². The average Bonchev–Trinajstić information content (AvgIpc) is 2.96. The Morgan fingerprint density at radius 3 is 2.65 bits per heavy atom. The standard InChI is InChI=1S/C20H16F2N2OS/c21-16-7-3-8-17(22)15(16)10-23-20-24-18-9-2-5-13-12(11-25)4-1-6-14(13)19(18)26-20/h1,3-4,6-8,11H,2,5,9-10H2,(H,23,24). The van der Waals surface area contributed by atoms with Crippen molar-refractivity contribution >= 4 is 22.8 Å². The maximum Gasteiger partial charge on any atom is 0.183 e. The highest BCUT2D eigenvalue weighted by atomic mass is 32.1. The lowest BCUT2D eigenvalue weighted by molar-refractivity contribution is 0.112. The van der Waals surface area contributed by atoms with Crippen molar-refractivity contribution in [3.05, 3.63) is 70.4 Å². The van der Waals surface area contributed by atoms with E-state index in [0.29, 0.717) is 10.7 Å². The first-order chi connectivity index (χ1) is 12.7. The molecule has 0 saturated carbocycles. The third kappa shape index (κ3) is 3.01. The lowest BCUT2D eigenvalue weighted by atomic mass is 9.98. The molecule has 2 aromatic carbocycles. The van der Waals surface area contributed by atoms with Gasteiger partial charge in [-0.3, -0.25) is 4.79 Å². The minimum atomic E-state index is -0.573. The third-order valence-electron chi connectivity index (χ3n) is 4.60. The predicted molar refractivity (Wildman–Crippen MR) is 98.6 cm³/mol. The number of benzene rings is 2. The Hall–Kier alpha value is -2.60. The number of fused-ring (bicyclic) bond motifs is 3. The monoisotopic (exact) mass is 370 g/mol. The Labute approximate surface area is 153 Å². The molecule has 0 bridgehead atoms. The van der Waals surface area contributed by atoms with E-state index < -0.39 is 11.6 Å². The van der Waals surface area contributed by atoms with Gasteiger partial charge in [0, 0.05) is 17.7 Å². The van der Waals surface area contributed by atoms with Gasteiger partial charge < -0.3 is 5.32 Å². The highest BCUT2D eigenvalue weighted by molar-refractivity contribution is 7.19. The summed E-state index contributed by atoms with van der Waals surface area (Å²) in [6.45, 7) is 0.0339. The van der Waals surface area contributed by atoms with E-state index in [9.17, 15) is 13.6 Å². The van der Waals surface area contributed by atoms with E-state index in [0.717, 1.165) is 47.2 Å². The summed E-state index contributed by atoms with van der Waals surface area (Å²) < 4.78 is 27.6. The fraction of sp³-hybridized carbons (Fsp3) is 0.200. The quantitative estimate of drug-likeness (QED) is 0.657. The molecule has 3 aromatic rings. The molecular weight excluding hydrogens is 354 g/mol. The van der Waals surface area contributed by atoms with Gasteiger partial charge in [0.25, 0.3) is 0 Å². The summed E-state index contributed by atoms with van der Waals surface area (Å²) in [5, 5.41) is 3.66. The molecule has 26 heavy (non-hydrogen) atoms. The lowest BCUT2D eigenvalue weighted by Gasteiger charge is -2.08. The van der Waals surface area contributed by atoms with Gasteiger partial charge in [0.2, 0.25) is 0 Å². The first kappa shape index (κ1) is 16.8. The van der Waals surface area contributed by atoms with Crippen molar-refractivity contribution < 1.29 is 13.6 Å². The second-order valence-electron chi connectivity index (χ2n) is 6.19. The van der Waals surface area contributed by atoms with E-state index in [1.54, 1.807) is 0 Å². The summed E-state index contributed by atoms with van der Waals surface area (Å²) in [5.41, 5.74) is 3.77. The number of thiazole rings is 1. The Kier molecular flexibility index (Phi) is 4.51. The van der Waals surface area contributed by atoms with Gasteiger partial charge in [-0.2, -0.15) is 0 Å². The maximum atomic E-state index is 13.8. The zero-order valence-corrected chi connectivity index (χ0v) is 14.7. The molecule has 1 N–H and O–H groups in total. The van der Waals surface area contributed by atoms with Crippen LogP contribution in [0.5, 0.6) is 0 Å². The molecule has 0 aliphatic heterocycles. The van der Waals surface area contributed by atoms with Crippen LogP contribution >= 0.6 is 11.3 Å². The minimum absolute atomic E-state index is 0.00142. The van der Waals surface area contributed by atoms with Gasteiger partial charge in [-0.25, -0.2) is 13.8 Å². The van der Waals surface area contributed by atoms with Gasteiger partial charge in [-0.15, -0.1) is 0 Å². The third-order valence-corrected chi connectivity index (χ3v) is 5.69. The van der Waals surface area contributed by atoms with Crippen LogP contribution in [0.2, 0.25) is 0 Å². The van der Waals surface area contributed by atoms with Gasteiger partial charge in [-0.05, 0) is 42.5 Å². The van der Waals surface area contributed by atoms with Crippen LogP contribution in [0.3, 0.4) is 0 Å². The number of carbonyl (C=O) groups is 1. The molecule has 0 atom stereocenters. The summed E-state index contributed by atoms with van der Waals surface area (Å²) in [6.07, 6.45) is 3.46. The zero-order valence-electron chi connectivity index (χ0n) is 13.9.